The van der Waals surface area contributed by atoms with Gasteiger partial charge < -0.3 is 10.2 Å². The summed E-state index contributed by atoms with van der Waals surface area (Å²) in [6, 6.07) is 15.9. The number of carbonyl (C=O) groups is 2. The summed E-state index contributed by atoms with van der Waals surface area (Å²) in [6.45, 7) is 4.09. The normalized spacial score (nSPS) is 13.8. The Morgan fingerprint density at radius 1 is 1.10 bits per heavy atom. The number of urea groups is 1. The molecule has 1 fully saturated rings. The minimum absolute atomic E-state index is 0.0352. The predicted molar refractivity (Wildman–Crippen MR) is 119 cm³/mol. The van der Waals surface area contributed by atoms with Crippen molar-refractivity contribution in [1.29, 1.82) is 0 Å². The highest BCUT2D eigenvalue weighted by Gasteiger charge is 2.32. The van der Waals surface area contributed by atoms with Crippen LogP contribution < -0.4 is 10.2 Å². The fraction of sp³-hybridized carbons (Fsp3) is 0.261. The number of hydrogen-bond donors (Lipinski definition) is 1. The number of carbonyl (C=O) groups excluding carboxylic acids is 2. The first-order valence-electron chi connectivity index (χ1n) is 10.1. The number of anilines is 1. The molecule has 1 N–H and O–H groups in total. The lowest BCUT2D eigenvalue weighted by atomic mass is 10.2. The van der Waals surface area contributed by atoms with Gasteiger partial charge in [-0.1, -0.05) is 53.8 Å². The van der Waals surface area contributed by atoms with Crippen LogP contribution >= 0.6 is 11.3 Å². The van der Waals surface area contributed by atoms with Crippen molar-refractivity contribution in [3.8, 4) is 0 Å². The Morgan fingerprint density at radius 2 is 1.84 bits per heavy atom. The van der Waals surface area contributed by atoms with Crippen molar-refractivity contribution >= 4 is 28.3 Å². The predicted octanol–water partition coefficient (Wildman–Crippen LogP) is 4.01. The number of nitrogens with zero attached hydrogens (tertiary/aromatic N) is 3. The Kier molecular flexibility index (Phi) is 6.39. The Labute approximate surface area is 184 Å². The molecule has 0 unspecified atom stereocenters. The van der Waals surface area contributed by atoms with Crippen LogP contribution in [0.25, 0.3) is 0 Å². The molecule has 31 heavy (non-hydrogen) atoms. The van der Waals surface area contributed by atoms with Gasteiger partial charge in [0, 0.05) is 26.2 Å². The molecule has 160 valence electrons. The maximum atomic E-state index is 13.1. The van der Waals surface area contributed by atoms with Crippen LogP contribution in [0.2, 0.25) is 0 Å². The molecule has 0 atom stereocenters. The number of thiazole rings is 1. The van der Waals surface area contributed by atoms with E-state index in [4.69, 9.17) is 0 Å². The number of aryl methyl sites for hydroxylation is 1. The molecule has 1 aliphatic heterocycles. The molecule has 0 saturated carbocycles. The van der Waals surface area contributed by atoms with Crippen LogP contribution in [0.1, 0.15) is 26.5 Å². The van der Waals surface area contributed by atoms with Crippen LogP contribution in [0, 0.1) is 12.7 Å². The average Bonchev–Trinajstić information content (AvgIpc) is 3.33. The maximum Gasteiger partial charge on any atom is 0.326 e. The van der Waals surface area contributed by atoms with Gasteiger partial charge in [0.15, 0.2) is 10.9 Å². The number of nitrogens with one attached hydrogen (secondary N) is 1. The van der Waals surface area contributed by atoms with Crippen LogP contribution in [0.5, 0.6) is 0 Å². The van der Waals surface area contributed by atoms with Gasteiger partial charge in [0.25, 0.3) is 0 Å². The summed E-state index contributed by atoms with van der Waals surface area (Å²) in [4.78, 5) is 33.9. The van der Waals surface area contributed by atoms with Gasteiger partial charge in [0.1, 0.15) is 5.82 Å². The van der Waals surface area contributed by atoms with Crippen molar-refractivity contribution in [1.82, 2.24) is 15.2 Å². The number of aromatic nitrogens is 1. The van der Waals surface area contributed by atoms with Crippen LogP contribution in [0.4, 0.5) is 14.3 Å². The van der Waals surface area contributed by atoms with Crippen molar-refractivity contribution in [3.05, 3.63) is 82.1 Å². The molecule has 3 aromatic rings. The second-order valence-corrected chi connectivity index (χ2v) is 8.38. The summed E-state index contributed by atoms with van der Waals surface area (Å²) in [5.41, 5.74) is 2.62. The van der Waals surface area contributed by atoms with E-state index in [1.807, 2.05) is 30.3 Å². The van der Waals surface area contributed by atoms with Crippen LogP contribution in [-0.2, 0) is 13.1 Å². The topological polar surface area (TPSA) is 65.5 Å². The molecule has 2 aromatic carbocycles. The van der Waals surface area contributed by atoms with E-state index in [0.717, 1.165) is 11.1 Å². The first-order chi connectivity index (χ1) is 15.0. The number of ketones is 1. The molecule has 2 heterocycles. The number of rotatable bonds is 8. The smallest absolute Gasteiger partial charge is 0.318 e. The quantitative estimate of drug-likeness (QED) is 0.540. The van der Waals surface area contributed by atoms with E-state index in [9.17, 15) is 14.0 Å². The zero-order chi connectivity index (χ0) is 21.8. The highest BCUT2D eigenvalue weighted by atomic mass is 32.1. The Bertz CT molecular complexity index is 1070. The van der Waals surface area contributed by atoms with Gasteiger partial charge in [-0.2, -0.15) is 0 Å². The third-order valence-corrected chi connectivity index (χ3v) is 6.33. The van der Waals surface area contributed by atoms with Crippen molar-refractivity contribution < 1.29 is 14.0 Å². The van der Waals surface area contributed by atoms with Gasteiger partial charge in [-0.05, 0) is 30.2 Å². The van der Waals surface area contributed by atoms with E-state index in [1.165, 1.54) is 23.5 Å². The Morgan fingerprint density at radius 3 is 2.58 bits per heavy atom. The summed E-state index contributed by atoms with van der Waals surface area (Å²) in [5, 5.41) is 3.70. The monoisotopic (exact) mass is 438 g/mol. The number of Topliss-reactive ketones (excluding diaryl/α,β-unsaturated/α-hetero) is 1. The fourth-order valence-electron chi connectivity index (χ4n) is 3.47. The van der Waals surface area contributed by atoms with Gasteiger partial charge in [-0.15, -0.1) is 0 Å². The second-order valence-electron chi connectivity index (χ2n) is 7.41. The maximum absolute atomic E-state index is 13.1. The van der Waals surface area contributed by atoms with Gasteiger partial charge in [-0.25, -0.2) is 14.2 Å². The van der Waals surface area contributed by atoms with Crippen molar-refractivity contribution in [2.75, 3.05) is 24.5 Å². The molecule has 0 bridgehead atoms. The minimum Gasteiger partial charge on any atom is -0.318 e. The van der Waals surface area contributed by atoms with E-state index >= 15 is 0 Å². The number of amides is 2. The lowest BCUT2D eigenvalue weighted by molar-refractivity contribution is 0.0994. The number of hydrogen-bond acceptors (Lipinski definition) is 5. The Balaban J connectivity index is 1.37. The third kappa shape index (κ3) is 4.98. The summed E-state index contributed by atoms with van der Waals surface area (Å²) in [5.74, 6) is -0.334. The van der Waals surface area contributed by atoms with Gasteiger partial charge in [0.05, 0.1) is 17.1 Å². The molecule has 8 heteroatoms. The summed E-state index contributed by atoms with van der Waals surface area (Å²) in [6.07, 6.45) is 0. The highest BCUT2D eigenvalue weighted by Crippen LogP contribution is 2.29. The molecule has 0 aliphatic carbocycles. The summed E-state index contributed by atoms with van der Waals surface area (Å²) < 4.78 is 13.1. The van der Waals surface area contributed by atoms with Crippen LogP contribution in [0.3, 0.4) is 0 Å². The van der Waals surface area contributed by atoms with Crippen LogP contribution in [-0.4, -0.2) is 41.3 Å². The zero-order valence-electron chi connectivity index (χ0n) is 17.2. The molecule has 1 aromatic heterocycles. The molecule has 2 amide bonds. The first-order valence-corrected chi connectivity index (χ1v) is 10.9. The van der Waals surface area contributed by atoms with E-state index in [0.29, 0.717) is 41.9 Å². The molecule has 1 aliphatic rings. The van der Waals surface area contributed by atoms with Crippen LogP contribution in [0.15, 0.2) is 54.6 Å². The first kappa shape index (κ1) is 21.1. The van der Waals surface area contributed by atoms with Crippen molar-refractivity contribution in [2.45, 2.75) is 20.0 Å². The van der Waals surface area contributed by atoms with E-state index in [2.05, 4.69) is 10.3 Å². The van der Waals surface area contributed by atoms with Gasteiger partial charge >= 0.3 is 6.03 Å². The van der Waals surface area contributed by atoms with E-state index < -0.39 is 0 Å². The largest absolute Gasteiger partial charge is 0.326 e. The fourth-order valence-corrected chi connectivity index (χ4v) is 4.49. The summed E-state index contributed by atoms with van der Waals surface area (Å²) in [7, 11) is 0. The average molecular weight is 439 g/mol. The molecule has 0 radical (unpaired) electrons. The molecular weight excluding hydrogens is 415 g/mol. The molecule has 4 rings (SSSR count). The minimum atomic E-state index is -0.299. The van der Waals surface area contributed by atoms with E-state index in [-0.39, 0.29) is 24.2 Å². The van der Waals surface area contributed by atoms with Gasteiger partial charge in [0.2, 0.25) is 0 Å². The highest BCUT2D eigenvalue weighted by molar-refractivity contribution is 7.17. The summed E-state index contributed by atoms with van der Waals surface area (Å²) >= 11 is 1.25. The SMILES string of the molecule is Cc1nc(N2CCN(Cc3ccc(F)cc3)C2=O)sc1C(=O)CNCc1ccccc1. The lowest BCUT2D eigenvalue weighted by Gasteiger charge is -2.16. The number of benzene rings is 2. The Hall–Kier alpha value is -3.10. The lowest BCUT2D eigenvalue weighted by Crippen LogP contribution is -2.31. The third-order valence-electron chi connectivity index (χ3n) is 5.11. The molecule has 1 saturated heterocycles. The standard InChI is InChI=1S/C23H23FN4O2S/c1-16-21(20(29)14-25-13-17-5-3-2-4-6-17)31-22(26-16)28-12-11-27(23(28)30)15-18-7-9-19(24)10-8-18/h2-10,25H,11-15H2,1H3. The number of halogens is 1. The second kappa shape index (κ2) is 9.36. The van der Waals surface area contributed by atoms with E-state index in [1.54, 1.807) is 28.9 Å². The molecule has 0 spiro atoms. The zero-order valence-corrected chi connectivity index (χ0v) is 18.0. The van der Waals surface area contributed by atoms with Crippen molar-refractivity contribution in [2.24, 2.45) is 0 Å². The van der Waals surface area contributed by atoms with Crippen molar-refractivity contribution in [3.63, 3.8) is 0 Å². The molecular formula is C23H23FN4O2S. The molecule has 6 nitrogen and oxygen atoms in total. The van der Waals surface area contributed by atoms with Gasteiger partial charge in [-0.3, -0.25) is 9.69 Å².